The lowest BCUT2D eigenvalue weighted by Crippen LogP contribution is -2.33. The van der Waals surface area contributed by atoms with Crippen LogP contribution in [-0.4, -0.2) is 18.8 Å². The summed E-state index contributed by atoms with van der Waals surface area (Å²) in [6.07, 6.45) is 4.22. The molecule has 1 aliphatic rings. The van der Waals surface area contributed by atoms with Gasteiger partial charge in [-0.3, -0.25) is 0 Å². The van der Waals surface area contributed by atoms with Gasteiger partial charge in [0.15, 0.2) is 0 Å². The van der Waals surface area contributed by atoms with Crippen molar-refractivity contribution in [2.45, 2.75) is 65.2 Å². The average molecular weight is 261 g/mol. The van der Waals surface area contributed by atoms with Gasteiger partial charge in [0.25, 0.3) is 0 Å². The van der Waals surface area contributed by atoms with Gasteiger partial charge >= 0.3 is 0 Å². The topological polar surface area (TPSA) is 21.3 Å². The van der Waals surface area contributed by atoms with Gasteiger partial charge in [0.2, 0.25) is 0 Å². The summed E-state index contributed by atoms with van der Waals surface area (Å²) in [5, 5.41) is 3.69. The minimum Gasteiger partial charge on any atom is -0.373 e. The van der Waals surface area contributed by atoms with Gasteiger partial charge in [0.1, 0.15) is 0 Å². The molecule has 2 rings (SSSR count). The van der Waals surface area contributed by atoms with Crippen molar-refractivity contribution in [2.24, 2.45) is 0 Å². The standard InChI is InChI=1S/C17H27NO/c1-5-10-18-17(16-9-8-14(4)19-16)15-11-12(2)6-7-13(15)3/h6-7,11,14,16-18H,5,8-10H2,1-4H3. The first-order valence-electron chi connectivity index (χ1n) is 7.57. The van der Waals surface area contributed by atoms with Crippen LogP contribution in [-0.2, 0) is 4.74 Å². The Kier molecular flexibility index (Phi) is 5.00. The molecule has 1 heterocycles. The Morgan fingerprint density at radius 2 is 2.11 bits per heavy atom. The monoisotopic (exact) mass is 261 g/mol. The predicted molar refractivity (Wildman–Crippen MR) is 80.5 cm³/mol. The maximum atomic E-state index is 6.11. The van der Waals surface area contributed by atoms with E-state index >= 15 is 0 Å². The van der Waals surface area contributed by atoms with Crippen molar-refractivity contribution in [1.29, 1.82) is 0 Å². The van der Waals surface area contributed by atoms with E-state index in [4.69, 9.17) is 4.74 Å². The van der Waals surface area contributed by atoms with E-state index in [2.05, 4.69) is 51.2 Å². The van der Waals surface area contributed by atoms with E-state index in [0.29, 0.717) is 18.2 Å². The molecule has 0 amide bonds. The summed E-state index contributed by atoms with van der Waals surface area (Å²) in [5.74, 6) is 0. The molecule has 19 heavy (non-hydrogen) atoms. The number of benzene rings is 1. The van der Waals surface area contributed by atoms with Crippen molar-refractivity contribution >= 4 is 0 Å². The summed E-state index contributed by atoms with van der Waals surface area (Å²) in [5.41, 5.74) is 4.10. The SMILES string of the molecule is CCCNC(c1cc(C)ccc1C)C1CCC(C)O1. The third-order valence-electron chi connectivity index (χ3n) is 4.02. The molecule has 3 unspecified atom stereocenters. The van der Waals surface area contributed by atoms with Crippen LogP contribution in [0.3, 0.4) is 0 Å². The summed E-state index contributed by atoms with van der Waals surface area (Å²) in [6, 6.07) is 7.07. The van der Waals surface area contributed by atoms with E-state index in [9.17, 15) is 0 Å². The fourth-order valence-electron chi connectivity index (χ4n) is 2.92. The van der Waals surface area contributed by atoms with Crippen LogP contribution in [0, 0.1) is 13.8 Å². The maximum absolute atomic E-state index is 6.11. The Morgan fingerprint density at radius 1 is 1.32 bits per heavy atom. The molecule has 1 fully saturated rings. The summed E-state index contributed by atoms with van der Waals surface area (Å²) < 4.78 is 6.11. The van der Waals surface area contributed by atoms with E-state index in [0.717, 1.165) is 19.4 Å². The van der Waals surface area contributed by atoms with Crippen molar-refractivity contribution in [1.82, 2.24) is 5.32 Å². The lowest BCUT2D eigenvalue weighted by molar-refractivity contribution is 0.0315. The second-order valence-corrected chi connectivity index (χ2v) is 5.85. The second kappa shape index (κ2) is 6.53. The number of nitrogens with one attached hydrogen (secondary N) is 1. The smallest absolute Gasteiger partial charge is 0.0774 e. The van der Waals surface area contributed by atoms with Crippen LogP contribution >= 0.6 is 0 Å². The van der Waals surface area contributed by atoms with Crippen LogP contribution < -0.4 is 5.32 Å². The third kappa shape index (κ3) is 3.58. The molecule has 1 N–H and O–H groups in total. The zero-order valence-electron chi connectivity index (χ0n) is 12.7. The van der Waals surface area contributed by atoms with Gasteiger partial charge in [-0.25, -0.2) is 0 Å². The third-order valence-corrected chi connectivity index (χ3v) is 4.02. The minimum absolute atomic E-state index is 0.321. The van der Waals surface area contributed by atoms with Gasteiger partial charge in [-0.1, -0.05) is 30.7 Å². The van der Waals surface area contributed by atoms with Gasteiger partial charge < -0.3 is 10.1 Å². The van der Waals surface area contributed by atoms with Crippen LogP contribution in [0.2, 0.25) is 0 Å². The highest BCUT2D eigenvalue weighted by atomic mass is 16.5. The van der Waals surface area contributed by atoms with Crippen LogP contribution in [0.5, 0.6) is 0 Å². The molecule has 1 saturated heterocycles. The Morgan fingerprint density at radius 3 is 2.74 bits per heavy atom. The lowest BCUT2D eigenvalue weighted by Gasteiger charge is -2.27. The maximum Gasteiger partial charge on any atom is 0.0774 e. The molecule has 1 aromatic carbocycles. The number of ether oxygens (including phenoxy) is 1. The van der Waals surface area contributed by atoms with E-state index in [1.54, 1.807) is 0 Å². The van der Waals surface area contributed by atoms with Crippen LogP contribution in [0.15, 0.2) is 18.2 Å². The molecular formula is C17H27NO. The fraction of sp³-hybridized carbons (Fsp3) is 0.647. The van der Waals surface area contributed by atoms with Gasteiger partial charge in [-0.15, -0.1) is 0 Å². The molecule has 0 saturated carbocycles. The Labute approximate surface area is 117 Å². The zero-order chi connectivity index (χ0) is 13.8. The van der Waals surface area contributed by atoms with Crippen molar-refractivity contribution in [2.75, 3.05) is 6.54 Å². The van der Waals surface area contributed by atoms with Crippen LogP contribution in [0.1, 0.15) is 55.8 Å². The van der Waals surface area contributed by atoms with Gasteiger partial charge in [-0.2, -0.15) is 0 Å². The summed E-state index contributed by atoms with van der Waals surface area (Å²) in [6.45, 7) is 9.81. The molecule has 2 nitrogen and oxygen atoms in total. The first-order valence-corrected chi connectivity index (χ1v) is 7.57. The first-order chi connectivity index (χ1) is 9.11. The largest absolute Gasteiger partial charge is 0.373 e. The highest BCUT2D eigenvalue weighted by molar-refractivity contribution is 5.33. The summed E-state index contributed by atoms with van der Waals surface area (Å²) in [4.78, 5) is 0. The molecule has 0 bridgehead atoms. The van der Waals surface area contributed by atoms with Crippen molar-refractivity contribution < 1.29 is 4.74 Å². The van der Waals surface area contributed by atoms with Gasteiger partial charge in [0.05, 0.1) is 18.2 Å². The second-order valence-electron chi connectivity index (χ2n) is 5.85. The molecule has 3 atom stereocenters. The molecule has 0 aliphatic carbocycles. The molecular weight excluding hydrogens is 234 g/mol. The molecule has 0 radical (unpaired) electrons. The Balaban J connectivity index is 2.23. The fourth-order valence-corrected chi connectivity index (χ4v) is 2.92. The highest BCUT2D eigenvalue weighted by Crippen LogP contribution is 2.32. The van der Waals surface area contributed by atoms with Crippen molar-refractivity contribution in [3.05, 3.63) is 34.9 Å². The quantitative estimate of drug-likeness (QED) is 0.867. The predicted octanol–water partition coefficient (Wildman–Crippen LogP) is 3.91. The number of aryl methyl sites for hydroxylation is 2. The molecule has 106 valence electrons. The van der Waals surface area contributed by atoms with Gasteiger partial charge in [0, 0.05) is 0 Å². The molecule has 1 aromatic rings. The van der Waals surface area contributed by atoms with E-state index < -0.39 is 0 Å². The highest BCUT2D eigenvalue weighted by Gasteiger charge is 2.31. The number of rotatable bonds is 5. The lowest BCUT2D eigenvalue weighted by atomic mass is 9.93. The van der Waals surface area contributed by atoms with Crippen LogP contribution in [0.25, 0.3) is 0 Å². The van der Waals surface area contributed by atoms with E-state index in [1.807, 2.05) is 0 Å². The zero-order valence-corrected chi connectivity index (χ0v) is 12.7. The van der Waals surface area contributed by atoms with E-state index in [-0.39, 0.29) is 0 Å². The normalized spacial score (nSPS) is 24.6. The Hall–Kier alpha value is -0.860. The Bertz CT molecular complexity index is 416. The molecule has 0 aromatic heterocycles. The van der Waals surface area contributed by atoms with E-state index in [1.165, 1.54) is 23.1 Å². The summed E-state index contributed by atoms with van der Waals surface area (Å²) >= 11 is 0. The number of hydrogen-bond acceptors (Lipinski definition) is 2. The number of hydrogen-bond donors (Lipinski definition) is 1. The molecule has 1 aliphatic heterocycles. The van der Waals surface area contributed by atoms with Crippen molar-refractivity contribution in [3.63, 3.8) is 0 Å². The minimum atomic E-state index is 0.321. The molecule has 0 spiro atoms. The first kappa shape index (κ1) is 14.5. The summed E-state index contributed by atoms with van der Waals surface area (Å²) in [7, 11) is 0. The van der Waals surface area contributed by atoms with Crippen molar-refractivity contribution in [3.8, 4) is 0 Å². The average Bonchev–Trinajstić information content (AvgIpc) is 2.80. The van der Waals surface area contributed by atoms with Crippen LogP contribution in [0.4, 0.5) is 0 Å². The van der Waals surface area contributed by atoms with Gasteiger partial charge in [-0.05, 0) is 57.7 Å². The molecule has 2 heteroatoms.